The number of benzene rings is 1. The molecule has 0 unspecified atom stereocenters. The molecular formula is C30H30F4N4O5. The molecule has 13 heteroatoms. The lowest BCUT2D eigenvalue weighted by atomic mass is 9.83. The lowest BCUT2D eigenvalue weighted by Crippen LogP contribution is -2.53. The van der Waals surface area contributed by atoms with Gasteiger partial charge in [0.25, 0.3) is 11.8 Å². The number of aliphatic hydroxyl groups excluding tert-OH is 1. The van der Waals surface area contributed by atoms with Crippen LogP contribution < -0.4 is 15.4 Å². The second-order valence-corrected chi connectivity index (χ2v) is 11.6. The minimum atomic E-state index is -4.94. The average Bonchev–Trinajstić information content (AvgIpc) is 3.63. The van der Waals surface area contributed by atoms with Crippen LogP contribution in [0.1, 0.15) is 52.0 Å². The van der Waals surface area contributed by atoms with Crippen molar-refractivity contribution in [2.24, 2.45) is 23.7 Å². The van der Waals surface area contributed by atoms with Gasteiger partial charge in [-0.05, 0) is 61.8 Å². The molecule has 1 aliphatic heterocycles. The molecule has 1 aromatic carbocycles. The van der Waals surface area contributed by atoms with Crippen molar-refractivity contribution in [3.05, 3.63) is 64.6 Å². The van der Waals surface area contributed by atoms with Crippen molar-refractivity contribution in [2.45, 2.75) is 44.0 Å². The minimum absolute atomic E-state index is 0.0163. The van der Waals surface area contributed by atoms with E-state index in [1.165, 1.54) is 24.3 Å². The van der Waals surface area contributed by atoms with Gasteiger partial charge in [-0.25, -0.2) is 9.37 Å². The summed E-state index contributed by atoms with van der Waals surface area (Å²) < 4.78 is 59.0. The first kappa shape index (κ1) is 29.1. The van der Waals surface area contributed by atoms with Crippen LogP contribution in [-0.4, -0.2) is 65.1 Å². The molecule has 3 N–H and O–H groups in total. The highest BCUT2D eigenvalue weighted by atomic mass is 19.4. The van der Waals surface area contributed by atoms with Crippen molar-refractivity contribution in [3.8, 4) is 5.88 Å². The number of aliphatic hydroxyl groups is 1. The van der Waals surface area contributed by atoms with Crippen LogP contribution in [0.3, 0.4) is 0 Å². The Labute approximate surface area is 244 Å². The molecule has 3 amide bonds. The molecule has 6 rings (SSSR count). The number of anilines is 1. The quantitative estimate of drug-likeness (QED) is 0.328. The molecule has 3 aliphatic carbocycles. The van der Waals surface area contributed by atoms with E-state index in [0.29, 0.717) is 24.5 Å². The number of ether oxygens (including phenoxy) is 1. The fourth-order valence-corrected chi connectivity index (χ4v) is 6.53. The number of nitrogens with zero attached hydrogens (tertiary/aromatic N) is 2. The molecule has 1 aromatic heterocycles. The zero-order valence-corrected chi connectivity index (χ0v) is 23.2. The summed E-state index contributed by atoms with van der Waals surface area (Å²) in [7, 11) is 1.33. The van der Waals surface area contributed by atoms with Gasteiger partial charge in [0.1, 0.15) is 11.4 Å². The van der Waals surface area contributed by atoms with E-state index < -0.39 is 53.3 Å². The maximum Gasteiger partial charge on any atom is 0.419 e. The molecule has 4 fully saturated rings. The summed E-state index contributed by atoms with van der Waals surface area (Å²) in [6.07, 6.45) is 1.37. The average molecular weight is 603 g/mol. The van der Waals surface area contributed by atoms with Crippen LogP contribution >= 0.6 is 0 Å². The first-order valence-corrected chi connectivity index (χ1v) is 14.2. The van der Waals surface area contributed by atoms with Gasteiger partial charge in [0.15, 0.2) is 0 Å². The maximum absolute atomic E-state index is 13.9. The predicted octanol–water partition coefficient (Wildman–Crippen LogP) is 3.79. The zero-order chi connectivity index (χ0) is 30.6. The number of rotatable bonds is 7. The van der Waals surface area contributed by atoms with Gasteiger partial charge in [-0.1, -0.05) is 11.6 Å². The maximum atomic E-state index is 13.9. The lowest BCUT2D eigenvalue weighted by Gasteiger charge is -2.35. The molecule has 43 heavy (non-hydrogen) atoms. The number of pyridine rings is 1. The Morgan fingerprint density at radius 2 is 1.81 bits per heavy atom. The number of alkyl halides is 3. The van der Waals surface area contributed by atoms with E-state index in [0.717, 1.165) is 30.9 Å². The topological polar surface area (TPSA) is 121 Å². The Hall–Kier alpha value is -4.00. The zero-order valence-electron chi connectivity index (χ0n) is 23.2. The number of β-amino-alcohol motifs (C(OH)–C–C–N with tert-alkyl or cyclic N) is 1. The fourth-order valence-electron chi connectivity index (χ4n) is 6.53. The van der Waals surface area contributed by atoms with Crippen LogP contribution in [0.4, 0.5) is 23.2 Å². The number of fused-ring (bicyclic) bond motifs is 2. The second kappa shape index (κ2) is 10.9. The summed E-state index contributed by atoms with van der Waals surface area (Å²) in [5.41, 5.74) is -0.510. The molecule has 0 radical (unpaired) electrons. The summed E-state index contributed by atoms with van der Waals surface area (Å²) in [6, 6.07) is 2.96. The normalized spacial score (nSPS) is 25.9. The van der Waals surface area contributed by atoms with Crippen molar-refractivity contribution in [3.63, 3.8) is 0 Å². The Balaban J connectivity index is 1.27. The predicted molar refractivity (Wildman–Crippen MR) is 144 cm³/mol. The number of nitrogens with one attached hydrogen (secondary N) is 2. The van der Waals surface area contributed by atoms with Gasteiger partial charge in [-0.2, -0.15) is 13.2 Å². The summed E-state index contributed by atoms with van der Waals surface area (Å²) in [5, 5.41) is 15.0. The number of allylic oxidation sites excluding steroid dienone is 1. The number of likely N-dealkylation sites (tertiary alicyclic amines) is 1. The molecule has 0 spiro atoms. The van der Waals surface area contributed by atoms with Gasteiger partial charge < -0.3 is 25.4 Å². The van der Waals surface area contributed by atoms with Crippen molar-refractivity contribution in [1.82, 2.24) is 15.2 Å². The SMILES string of the molecule is COc1ncc(C(=O)N2CC(O)C2)cc1C(=O)N[C@H]1[C@@H](C(=O)Nc2ccc(F)c(C(F)(F)F)c2)[C@H]2CC[C@@H]1/C2=C\C1CC1. The Morgan fingerprint density at radius 1 is 1.09 bits per heavy atom. The molecule has 2 bridgehead atoms. The molecule has 228 valence electrons. The van der Waals surface area contributed by atoms with E-state index in [9.17, 15) is 37.1 Å². The highest BCUT2D eigenvalue weighted by molar-refractivity contribution is 6.02. The molecule has 2 heterocycles. The van der Waals surface area contributed by atoms with E-state index in [1.807, 2.05) is 0 Å². The first-order chi connectivity index (χ1) is 20.4. The second-order valence-electron chi connectivity index (χ2n) is 11.6. The van der Waals surface area contributed by atoms with Gasteiger partial charge in [0.05, 0.1) is 30.3 Å². The van der Waals surface area contributed by atoms with E-state index in [2.05, 4.69) is 21.7 Å². The molecule has 1 saturated heterocycles. The number of amides is 3. The monoisotopic (exact) mass is 602 g/mol. The smallest absolute Gasteiger partial charge is 0.419 e. The van der Waals surface area contributed by atoms with Crippen LogP contribution in [0.15, 0.2) is 42.1 Å². The molecule has 2 aromatic rings. The van der Waals surface area contributed by atoms with Gasteiger partial charge in [-0.15, -0.1) is 0 Å². The third-order valence-electron chi connectivity index (χ3n) is 8.77. The van der Waals surface area contributed by atoms with Crippen LogP contribution in [0, 0.1) is 29.5 Å². The number of hydrogen-bond acceptors (Lipinski definition) is 6. The highest BCUT2D eigenvalue weighted by Crippen LogP contribution is 2.54. The van der Waals surface area contributed by atoms with Crippen LogP contribution in [-0.2, 0) is 11.0 Å². The van der Waals surface area contributed by atoms with E-state index in [4.69, 9.17) is 4.74 Å². The summed E-state index contributed by atoms with van der Waals surface area (Å²) in [4.78, 5) is 45.7. The number of methoxy groups -OCH3 is 1. The van der Waals surface area contributed by atoms with Crippen LogP contribution in [0.5, 0.6) is 5.88 Å². The van der Waals surface area contributed by atoms with Gasteiger partial charge in [-0.3, -0.25) is 14.4 Å². The van der Waals surface area contributed by atoms with Crippen LogP contribution in [0.2, 0.25) is 0 Å². The highest BCUT2D eigenvalue weighted by Gasteiger charge is 2.55. The number of halogens is 4. The molecule has 9 nitrogen and oxygen atoms in total. The molecule has 3 saturated carbocycles. The lowest BCUT2D eigenvalue weighted by molar-refractivity contribution is -0.140. The minimum Gasteiger partial charge on any atom is -0.480 e. The van der Waals surface area contributed by atoms with Gasteiger partial charge in [0, 0.05) is 36.9 Å². The standard InChI is InChI=1S/C30H30F4N4O5/c1-43-28-21(9-15(11-35-28)29(42)38-12-17(39)13-38)26(40)37-25-19-6-5-18(20(19)8-14-2-3-14)24(25)27(41)36-16-4-7-23(31)22(10-16)30(32,33)34/h4,7-11,14,17-19,24-25,39H,2-3,5-6,12-13H2,1H3,(H,36,41)(H,37,40)/b20-8-/t18-,19+,24-,25+/m0/s1. The van der Waals surface area contributed by atoms with Gasteiger partial charge >= 0.3 is 6.18 Å². The summed E-state index contributed by atoms with van der Waals surface area (Å²) >= 11 is 0. The molecule has 4 aliphatic rings. The Kier molecular flexibility index (Phi) is 7.39. The Bertz CT molecular complexity index is 1500. The Morgan fingerprint density at radius 3 is 2.47 bits per heavy atom. The largest absolute Gasteiger partial charge is 0.480 e. The molecular weight excluding hydrogens is 572 g/mol. The van der Waals surface area contributed by atoms with E-state index >= 15 is 0 Å². The third-order valence-corrected chi connectivity index (χ3v) is 8.77. The fraction of sp³-hybridized carbons (Fsp3) is 0.467. The summed E-state index contributed by atoms with van der Waals surface area (Å²) in [6.45, 7) is 0.339. The first-order valence-electron chi connectivity index (χ1n) is 14.2. The van der Waals surface area contributed by atoms with Crippen molar-refractivity contribution >= 4 is 23.4 Å². The van der Waals surface area contributed by atoms with E-state index in [1.54, 1.807) is 0 Å². The number of hydrogen-bond donors (Lipinski definition) is 3. The number of carbonyl (C=O) groups excluding carboxylic acids is 3. The molecule has 4 atom stereocenters. The summed E-state index contributed by atoms with van der Waals surface area (Å²) in [5.74, 6) is -3.85. The van der Waals surface area contributed by atoms with Crippen molar-refractivity contribution in [2.75, 3.05) is 25.5 Å². The number of carbonyl (C=O) groups is 3. The van der Waals surface area contributed by atoms with E-state index in [-0.39, 0.29) is 47.6 Å². The third kappa shape index (κ3) is 5.57. The van der Waals surface area contributed by atoms with Gasteiger partial charge in [0.2, 0.25) is 11.8 Å². The number of aromatic nitrogens is 1. The van der Waals surface area contributed by atoms with Crippen LogP contribution in [0.25, 0.3) is 0 Å². The van der Waals surface area contributed by atoms with Crippen molar-refractivity contribution in [1.29, 1.82) is 0 Å². The van der Waals surface area contributed by atoms with Crippen molar-refractivity contribution < 1.29 is 41.8 Å².